The van der Waals surface area contributed by atoms with Crippen LogP contribution in [-0.2, 0) is 16.0 Å². The van der Waals surface area contributed by atoms with Gasteiger partial charge in [-0.1, -0.05) is 30.3 Å². The van der Waals surface area contributed by atoms with Gasteiger partial charge in [-0.3, -0.25) is 4.79 Å². The van der Waals surface area contributed by atoms with Crippen molar-refractivity contribution in [3.8, 4) is 5.75 Å². The van der Waals surface area contributed by atoms with Gasteiger partial charge in [-0.25, -0.2) is 4.79 Å². The Labute approximate surface area is 135 Å². The fourth-order valence-corrected chi connectivity index (χ4v) is 2.54. The Morgan fingerprint density at radius 1 is 1.17 bits per heavy atom. The minimum Gasteiger partial charge on any atom is -0.491 e. The quantitative estimate of drug-likeness (QED) is 0.859. The first-order valence-corrected chi connectivity index (χ1v) is 7.55. The number of hydrogen-bond acceptors (Lipinski definition) is 3. The van der Waals surface area contributed by atoms with Crippen LogP contribution in [0.25, 0.3) is 10.8 Å². The third-order valence-corrected chi connectivity index (χ3v) is 3.44. The summed E-state index contributed by atoms with van der Waals surface area (Å²) in [6, 6.07) is 10.5. The van der Waals surface area contributed by atoms with Crippen molar-refractivity contribution in [1.29, 1.82) is 0 Å². The molecule has 122 valence electrons. The molecule has 0 radical (unpaired) electrons. The van der Waals surface area contributed by atoms with Gasteiger partial charge < -0.3 is 15.2 Å². The lowest BCUT2D eigenvalue weighted by molar-refractivity contribution is -0.141. The molecule has 0 saturated carbocycles. The molecule has 0 heterocycles. The number of carbonyl (C=O) groups is 2. The van der Waals surface area contributed by atoms with Crippen LogP contribution >= 0.6 is 0 Å². The van der Waals surface area contributed by atoms with Crippen molar-refractivity contribution in [3.05, 3.63) is 42.0 Å². The van der Waals surface area contributed by atoms with Crippen molar-refractivity contribution in [3.63, 3.8) is 0 Å². The number of rotatable bonds is 6. The van der Waals surface area contributed by atoms with Gasteiger partial charge in [-0.15, -0.1) is 0 Å². The molecule has 2 rings (SSSR count). The van der Waals surface area contributed by atoms with E-state index >= 15 is 0 Å². The van der Waals surface area contributed by atoms with Crippen LogP contribution in [0.15, 0.2) is 36.4 Å². The van der Waals surface area contributed by atoms with E-state index in [2.05, 4.69) is 5.32 Å². The summed E-state index contributed by atoms with van der Waals surface area (Å²) in [6.45, 7) is 5.15. The van der Waals surface area contributed by atoms with Crippen LogP contribution in [0.1, 0.15) is 26.3 Å². The largest absolute Gasteiger partial charge is 0.491 e. The first kappa shape index (κ1) is 16.8. The van der Waals surface area contributed by atoms with E-state index in [4.69, 9.17) is 4.74 Å². The molecular weight excluding hydrogens is 294 g/mol. The van der Waals surface area contributed by atoms with Crippen LogP contribution in [0.4, 0.5) is 0 Å². The highest BCUT2D eigenvalue weighted by Gasteiger charge is 2.22. The Morgan fingerprint density at radius 3 is 2.48 bits per heavy atom. The Kier molecular flexibility index (Phi) is 5.21. The van der Waals surface area contributed by atoms with Gasteiger partial charge in [0.15, 0.2) is 0 Å². The third kappa shape index (κ3) is 4.22. The van der Waals surface area contributed by atoms with Gasteiger partial charge in [0.1, 0.15) is 11.8 Å². The molecule has 2 N–H and O–H groups in total. The van der Waals surface area contributed by atoms with Gasteiger partial charge >= 0.3 is 5.97 Å². The lowest BCUT2D eigenvalue weighted by Gasteiger charge is -2.20. The average molecular weight is 315 g/mol. The summed E-state index contributed by atoms with van der Waals surface area (Å²) in [5.74, 6) is -0.789. The fraction of sp³-hybridized carbons (Fsp3) is 0.333. The maximum atomic E-state index is 11.5. The summed E-state index contributed by atoms with van der Waals surface area (Å²) in [4.78, 5) is 22.7. The van der Waals surface area contributed by atoms with Crippen LogP contribution in [0.5, 0.6) is 5.75 Å². The Hall–Kier alpha value is -2.56. The van der Waals surface area contributed by atoms with Gasteiger partial charge in [0.2, 0.25) is 5.91 Å². The summed E-state index contributed by atoms with van der Waals surface area (Å²) in [6.07, 6.45) is 0.136. The molecular formula is C18H21NO4. The lowest BCUT2D eigenvalue weighted by atomic mass is 9.97. The van der Waals surface area contributed by atoms with E-state index in [0.29, 0.717) is 5.75 Å². The number of amides is 1. The molecule has 1 amide bonds. The van der Waals surface area contributed by atoms with E-state index in [0.717, 1.165) is 16.3 Å². The first-order valence-electron chi connectivity index (χ1n) is 7.55. The molecule has 0 aromatic heterocycles. The third-order valence-electron chi connectivity index (χ3n) is 3.44. The molecule has 5 nitrogen and oxygen atoms in total. The zero-order chi connectivity index (χ0) is 17.0. The molecule has 0 fully saturated rings. The molecule has 5 heteroatoms. The summed E-state index contributed by atoms with van der Waals surface area (Å²) >= 11 is 0. The highest BCUT2D eigenvalue weighted by molar-refractivity contribution is 5.89. The predicted octanol–water partition coefficient (Wildman–Crippen LogP) is 2.76. The maximum Gasteiger partial charge on any atom is 0.326 e. The minimum absolute atomic E-state index is 0.0287. The van der Waals surface area contributed by atoms with Crippen LogP contribution in [0, 0.1) is 0 Å². The lowest BCUT2D eigenvalue weighted by Crippen LogP contribution is -2.41. The van der Waals surface area contributed by atoms with Crippen molar-refractivity contribution in [2.24, 2.45) is 0 Å². The smallest absolute Gasteiger partial charge is 0.326 e. The molecule has 2 aromatic rings. The second-order valence-electron chi connectivity index (χ2n) is 5.73. The first-order chi connectivity index (χ1) is 10.9. The van der Waals surface area contributed by atoms with E-state index in [1.807, 2.05) is 50.2 Å². The summed E-state index contributed by atoms with van der Waals surface area (Å²) < 4.78 is 5.83. The number of hydrogen-bond donors (Lipinski definition) is 2. The highest BCUT2D eigenvalue weighted by Crippen LogP contribution is 2.30. The number of fused-ring (bicyclic) bond motifs is 1. The van der Waals surface area contributed by atoms with E-state index in [1.54, 1.807) is 0 Å². The fourth-order valence-electron chi connectivity index (χ4n) is 2.54. The summed E-state index contributed by atoms with van der Waals surface area (Å²) in [5, 5.41) is 13.8. The van der Waals surface area contributed by atoms with Crippen LogP contribution in [-0.4, -0.2) is 29.1 Å². The number of carboxylic acid groups (broad SMARTS) is 1. The number of nitrogens with one attached hydrogen (secondary N) is 1. The molecule has 23 heavy (non-hydrogen) atoms. The molecule has 0 spiro atoms. The second kappa shape index (κ2) is 7.13. The summed E-state index contributed by atoms with van der Waals surface area (Å²) in [7, 11) is 0. The SMILES string of the molecule is CC(=O)NC(Cc1c(OC(C)C)ccc2ccccc12)C(=O)O. The van der Waals surface area contributed by atoms with E-state index in [-0.39, 0.29) is 18.4 Å². The topological polar surface area (TPSA) is 75.6 Å². The Bertz CT molecular complexity index is 724. The Balaban J connectivity index is 2.49. The molecule has 1 unspecified atom stereocenters. The molecule has 2 aromatic carbocycles. The van der Waals surface area contributed by atoms with Gasteiger partial charge in [0.25, 0.3) is 0 Å². The average Bonchev–Trinajstić information content (AvgIpc) is 2.47. The molecule has 1 atom stereocenters. The van der Waals surface area contributed by atoms with Crippen LogP contribution < -0.4 is 10.1 Å². The Morgan fingerprint density at radius 2 is 1.87 bits per heavy atom. The minimum atomic E-state index is -1.07. The molecule has 0 saturated heterocycles. The zero-order valence-electron chi connectivity index (χ0n) is 13.5. The number of aliphatic carboxylic acids is 1. The number of ether oxygens (including phenoxy) is 1. The number of carbonyl (C=O) groups excluding carboxylic acids is 1. The molecule has 0 bridgehead atoms. The van der Waals surface area contributed by atoms with Crippen LogP contribution in [0.3, 0.4) is 0 Å². The van der Waals surface area contributed by atoms with E-state index in [9.17, 15) is 14.7 Å². The van der Waals surface area contributed by atoms with Crippen molar-refractivity contribution < 1.29 is 19.4 Å². The van der Waals surface area contributed by atoms with E-state index in [1.165, 1.54) is 6.92 Å². The van der Waals surface area contributed by atoms with Crippen molar-refractivity contribution in [1.82, 2.24) is 5.32 Å². The maximum absolute atomic E-state index is 11.5. The predicted molar refractivity (Wildman–Crippen MR) is 88.7 cm³/mol. The van der Waals surface area contributed by atoms with E-state index < -0.39 is 12.0 Å². The number of carboxylic acids is 1. The van der Waals surface area contributed by atoms with Gasteiger partial charge in [-0.05, 0) is 30.7 Å². The molecule has 0 aliphatic rings. The standard InChI is InChI=1S/C18H21NO4/c1-11(2)23-17-9-8-13-6-4-5-7-14(13)15(17)10-16(18(21)22)19-12(3)20/h4-9,11,16H,10H2,1-3H3,(H,19,20)(H,21,22). The molecule has 0 aliphatic carbocycles. The van der Waals surface area contributed by atoms with Gasteiger partial charge in [0.05, 0.1) is 6.10 Å². The summed E-state index contributed by atoms with van der Waals surface area (Å²) in [5.41, 5.74) is 0.790. The monoisotopic (exact) mass is 315 g/mol. The van der Waals surface area contributed by atoms with Crippen molar-refractivity contribution >= 4 is 22.6 Å². The van der Waals surface area contributed by atoms with Gasteiger partial charge in [0, 0.05) is 18.9 Å². The highest BCUT2D eigenvalue weighted by atomic mass is 16.5. The normalized spacial score (nSPS) is 12.2. The van der Waals surface area contributed by atoms with Crippen molar-refractivity contribution in [2.45, 2.75) is 39.3 Å². The number of benzene rings is 2. The zero-order valence-corrected chi connectivity index (χ0v) is 13.5. The molecule has 0 aliphatic heterocycles. The van der Waals surface area contributed by atoms with Gasteiger partial charge in [-0.2, -0.15) is 0 Å². The van der Waals surface area contributed by atoms with Crippen LogP contribution in [0.2, 0.25) is 0 Å². The van der Waals surface area contributed by atoms with Crippen molar-refractivity contribution in [2.75, 3.05) is 0 Å². The second-order valence-corrected chi connectivity index (χ2v) is 5.73.